The molecule has 23 heavy (non-hydrogen) atoms. The smallest absolute Gasteiger partial charge is 0.239 e. The number of amides is 1. The Morgan fingerprint density at radius 1 is 1.22 bits per heavy atom. The van der Waals surface area contributed by atoms with Gasteiger partial charge in [0.15, 0.2) is 5.82 Å². The van der Waals surface area contributed by atoms with Crippen molar-refractivity contribution in [2.75, 3.05) is 43.9 Å². The van der Waals surface area contributed by atoms with Crippen LogP contribution in [0.3, 0.4) is 0 Å². The van der Waals surface area contributed by atoms with Crippen molar-refractivity contribution >= 4 is 17.7 Å². The summed E-state index contributed by atoms with van der Waals surface area (Å²) in [5.41, 5.74) is 6.76. The van der Waals surface area contributed by atoms with Gasteiger partial charge in [0.25, 0.3) is 0 Å². The predicted octanol–water partition coefficient (Wildman–Crippen LogP) is -0.214. The van der Waals surface area contributed by atoms with Gasteiger partial charge in [-0.05, 0) is 12.1 Å². The van der Waals surface area contributed by atoms with E-state index in [0.717, 1.165) is 13.1 Å². The first kappa shape index (κ1) is 15.3. The summed E-state index contributed by atoms with van der Waals surface area (Å²) in [4.78, 5) is 21.8. The van der Waals surface area contributed by atoms with Gasteiger partial charge in [-0.15, -0.1) is 10.2 Å². The Labute approximate surface area is 132 Å². The molecule has 0 aromatic carbocycles. The largest absolute Gasteiger partial charge is 0.379 e. The van der Waals surface area contributed by atoms with Crippen molar-refractivity contribution in [3.63, 3.8) is 0 Å². The zero-order chi connectivity index (χ0) is 16.1. The number of nitrogens with two attached hydrogens (primary N) is 1. The van der Waals surface area contributed by atoms with Gasteiger partial charge >= 0.3 is 0 Å². The van der Waals surface area contributed by atoms with E-state index in [-0.39, 0.29) is 11.9 Å². The van der Waals surface area contributed by atoms with Crippen LogP contribution in [0.5, 0.6) is 0 Å². The predicted molar refractivity (Wildman–Crippen MR) is 83.4 cm³/mol. The van der Waals surface area contributed by atoms with Crippen molar-refractivity contribution < 1.29 is 9.53 Å². The molecular weight excluding hydrogens is 298 g/mol. The number of ether oxygens (including phenoxy) is 1. The third-order valence-electron chi connectivity index (χ3n) is 3.37. The molecular formula is C14H17N7O2. The molecule has 3 N–H and O–H groups in total. The van der Waals surface area contributed by atoms with Crippen molar-refractivity contribution in [2.45, 2.75) is 0 Å². The lowest BCUT2D eigenvalue weighted by atomic mass is 10.2. The maximum Gasteiger partial charge on any atom is 0.239 e. The molecule has 1 fully saturated rings. The van der Waals surface area contributed by atoms with E-state index >= 15 is 0 Å². The van der Waals surface area contributed by atoms with E-state index in [0.29, 0.717) is 36.8 Å². The molecule has 0 unspecified atom stereocenters. The molecule has 2 aromatic rings. The minimum Gasteiger partial charge on any atom is -0.379 e. The summed E-state index contributed by atoms with van der Waals surface area (Å²) in [6.07, 6.45) is 3.14. The van der Waals surface area contributed by atoms with Gasteiger partial charge in [-0.3, -0.25) is 9.69 Å². The lowest BCUT2D eigenvalue weighted by Gasteiger charge is -2.25. The van der Waals surface area contributed by atoms with Gasteiger partial charge in [0.2, 0.25) is 11.9 Å². The minimum atomic E-state index is -0.121. The van der Waals surface area contributed by atoms with Crippen LogP contribution in [0.2, 0.25) is 0 Å². The number of hydrogen-bond acceptors (Lipinski definition) is 8. The lowest BCUT2D eigenvalue weighted by molar-refractivity contribution is -0.118. The highest BCUT2D eigenvalue weighted by atomic mass is 16.5. The molecule has 1 aliphatic heterocycles. The fourth-order valence-electron chi connectivity index (χ4n) is 2.17. The van der Waals surface area contributed by atoms with Gasteiger partial charge in [0.1, 0.15) is 0 Å². The second-order valence-electron chi connectivity index (χ2n) is 5.07. The SMILES string of the molecule is Nc1ncc(-c2ccc(NC(=O)CN3CCOCC3)nn2)cn1. The molecule has 1 amide bonds. The Balaban J connectivity index is 1.58. The fraction of sp³-hybridized carbons (Fsp3) is 0.357. The summed E-state index contributed by atoms with van der Waals surface area (Å²) in [6, 6.07) is 3.43. The van der Waals surface area contributed by atoms with Crippen molar-refractivity contribution in [2.24, 2.45) is 0 Å². The van der Waals surface area contributed by atoms with Crippen LogP contribution in [0.4, 0.5) is 11.8 Å². The summed E-state index contributed by atoms with van der Waals surface area (Å²) in [5, 5.41) is 10.8. The Morgan fingerprint density at radius 3 is 2.61 bits per heavy atom. The van der Waals surface area contributed by atoms with Crippen LogP contribution in [0, 0.1) is 0 Å². The highest BCUT2D eigenvalue weighted by Gasteiger charge is 2.14. The number of nitrogen functional groups attached to an aromatic ring is 1. The van der Waals surface area contributed by atoms with Crippen LogP contribution in [0.1, 0.15) is 0 Å². The monoisotopic (exact) mass is 315 g/mol. The summed E-state index contributed by atoms with van der Waals surface area (Å²) in [6.45, 7) is 3.15. The van der Waals surface area contributed by atoms with Crippen molar-refractivity contribution in [3.05, 3.63) is 24.5 Å². The first-order valence-electron chi connectivity index (χ1n) is 7.22. The lowest BCUT2D eigenvalue weighted by Crippen LogP contribution is -2.41. The quantitative estimate of drug-likeness (QED) is 0.795. The number of rotatable bonds is 4. The van der Waals surface area contributed by atoms with Gasteiger partial charge in [0.05, 0.1) is 25.5 Å². The van der Waals surface area contributed by atoms with E-state index in [1.807, 2.05) is 4.90 Å². The molecule has 1 saturated heterocycles. The average Bonchev–Trinajstić information content (AvgIpc) is 2.57. The summed E-state index contributed by atoms with van der Waals surface area (Å²) < 4.78 is 5.25. The number of carbonyl (C=O) groups excluding carboxylic acids is 1. The van der Waals surface area contributed by atoms with E-state index < -0.39 is 0 Å². The number of nitrogens with one attached hydrogen (secondary N) is 1. The summed E-state index contributed by atoms with van der Waals surface area (Å²) in [7, 11) is 0. The zero-order valence-corrected chi connectivity index (χ0v) is 12.5. The second-order valence-corrected chi connectivity index (χ2v) is 5.07. The van der Waals surface area contributed by atoms with Crippen LogP contribution in [0.15, 0.2) is 24.5 Å². The number of carbonyl (C=O) groups is 1. The third-order valence-corrected chi connectivity index (χ3v) is 3.37. The van der Waals surface area contributed by atoms with Crippen molar-refractivity contribution in [1.29, 1.82) is 0 Å². The molecule has 9 nitrogen and oxygen atoms in total. The molecule has 0 radical (unpaired) electrons. The van der Waals surface area contributed by atoms with E-state index in [2.05, 4.69) is 25.5 Å². The van der Waals surface area contributed by atoms with Crippen LogP contribution in [0.25, 0.3) is 11.3 Å². The van der Waals surface area contributed by atoms with Gasteiger partial charge < -0.3 is 15.8 Å². The first-order chi connectivity index (χ1) is 11.2. The van der Waals surface area contributed by atoms with Crippen molar-refractivity contribution in [3.8, 4) is 11.3 Å². The molecule has 0 spiro atoms. The number of morpholine rings is 1. The third kappa shape index (κ3) is 4.18. The molecule has 9 heteroatoms. The molecule has 2 aromatic heterocycles. The Kier molecular flexibility index (Phi) is 4.69. The molecule has 0 bridgehead atoms. The Hall–Kier alpha value is -2.65. The van der Waals surface area contributed by atoms with Crippen LogP contribution < -0.4 is 11.1 Å². The molecule has 0 aliphatic carbocycles. The highest BCUT2D eigenvalue weighted by Crippen LogP contribution is 2.15. The van der Waals surface area contributed by atoms with Crippen molar-refractivity contribution in [1.82, 2.24) is 25.1 Å². The van der Waals surface area contributed by atoms with E-state index in [1.54, 1.807) is 24.5 Å². The zero-order valence-electron chi connectivity index (χ0n) is 12.5. The molecule has 3 heterocycles. The number of aromatic nitrogens is 4. The molecule has 0 atom stereocenters. The fourth-order valence-corrected chi connectivity index (χ4v) is 2.17. The van der Waals surface area contributed by atoms with Gasteiger partial charge in [-0.25, -0.2) is 9.97 Å². The first-order valence-corrected chi connectivity index (χ1v) is 7.22. The number of nitrogens with zero attached hydrogens (tertiary/aromatic N) is 5. The molecule has 120 valence electrons. The van der Waals surface area contributed by atoms with E-state index in [4.69, 9.17) is 10.5 Å². The van der Waals surface area contributed by atoms with Gasteiger partial charge in [-0.1, -0.05) is 0 Å². The van der Waals surface area contributed by atoms with E-state index in [9.17, 15) is 4.79 Å². The van der Waals surface area contributed by atoms with Crippen LogP contribution >= 0.6 is 0 Å². The second kappa shape index (κ2) is 7.07. The van der Waals surface area contributed by atoms with Crippen LogP contribution in [-0.2, 0) is 9.53 Å². The Bertz CT molecular complexity index is 654. The van der Waals surface area contributed by atoms with Gasteiger partial charge in [0, 0.05) is 31.0 Å². The topological polar surface area (TPSA) is 119 Å². The molecule has 3 rings (SSSR count). The van der Waals surface area contributed by atoms with Crippen LogP contribution in [-0.4, -0.2) is 63.8 Å². The maximum atomic E-state index is 12.0. The number of anilines is 2. The van der Waals surface area contributed by atoms with E-state index in [1.165, 1.54) is 0 Å². The molecule has 0 saturated carbocycles. The molecule has 1 aliphatic rings. The Morgan fingerprint density at radius 2 is 1.96 bits per heavy atom. The van der Waals surface area contributed by atoms with Gasteiger partial charge in [-0.2, -0.15) is 0 Å². The number of hydrogen-bond donors (Lipinski definition) is 2. The summed E-state index contributed by atoms with van der Waals surface area (Å²) in [5.74, 6) is 0.488. The summed E-state index contributed by atoms with van der Waals surface area (Å²) >= 11 is 0. The highest BCUT2D eigenvalue weighted by molar-refractivity contribution is 5.91. The maximum absolute atomic E-state index is 12.0. The normalized spacial score (nSPS) is 15.3. The minimum absolute atomic E-state index is 0.121. The standard InChI is InChI=1S/C14H17N7O2/c15-14-16-7-10(8-17-14)11-1-2-12(20-19-11)18-13(22)9-21-3-5-23-6-4-21/h1-2,7-8H,3-6,9H2,(H2,15,16,17)(H,18,20,22). The average molecular weight is 315 g/mol.